The third kappa shape index (κ3) is 2.41. The quantitative estimate of drug-likeness (QED) is 0.782. The molecule has 1 atom stereocenters. The van der Waals surface area contributed by atoms with Gasteiger partial charge in [-0.1, -0.05) is 20.8 Å². The molecule has 0 spiro atoms. The van der Waals surface area contributed by atoms with Crippen LogP contribution in [0.25, 0.3) is 0 Å². The van der Waals surface area contributed by atoms with Crippen LogP contribution in [0, 0.1) is 17.2 Å². The van der Waals surface area contributed by atoms with Gasteiger partial charge in [-0.05, 0) is 30.4 Å². The molecule has 2 heterocycles. The molecular formula is C14H19N3. The van der Waals surface area contributed by atoms with E-state index in [9.17, 15) is 0 Å². The third-order valence-electron chi connectivity index (χ3n) is 3.33. The molecule has 2 rings (SSSR count). The SMILES string of the molecule is CC1CCN(c2nc(C(C)C)ccc2C#N)C1. The minimum absolute atomic E-state index is 0.404. The molecule has 90 valence electrons. The van der Waals surface area contributed by atoms with Crippen molar-refractivity contribution in [3.05, 3.63) is 23.4 Å². The molecule has 1 aliphatic rings. The van der Waals surface area contributed by atoms with Crippen LogP contribution in [0.15, 0.2) is 12.1 Å². The summed E-state index contributed by atoms with van der Waals surface area (Å²) in [5.74, 6) is 1.98. The van der Waals surface area contributed by atoms with Crippen molar-refractivity contribution in [3.8, 4) is 6.07 Å². The lowest BCUT2D eigenvalue weighted by molar-refractivity contribution is 0.658. The van der Waals surface area contributed by atoms with Crippen LogP contribution in [0.3, 0.4) is 0 Å². The van der Waals surface area contributed by atoms with E-state index in [1.807, 2.05) is 12.1 Å². The summed E-state index contributed by atoms with van der Waals surface area (Å²) in [6.07, 6.45) is 1.19. The molecule has 0 radical (unpaired) electrons. The highest BCUT2D eigenvalue weighted by Crippen LogP contribution is 2.26. The Morgan fingerprint density at radius 3 is 2.76 bits per heavy atom. The van der Waals surface area contributed by atoms with E-state index in [1.165, 1.54) is 6.42 Å². The normalized spacial score (nSPS) is 19.7. The Labute approximate surface area is 103 Å². The number of rotatable bonds is 2. The summed E-state index contributed by atoms with van der Waals surface area (Å²) in [7, 11) is 0. The smallest absolute Gasteiger partial charge is 0.146 e. The number of anilines is 1. The fourth-order valence-electron chi connectivity index (χ4n) is 2.24. The molecule has 1 unspecified atom stereocenters. The zero-order valence-corrected chi connectivity index (χ0v) is 10.8. The van der Waals surface area contributed by atoms with Gasteiger partial charge in [0.25, 0.3) is 0 Å². The van der Waals surface area contributed by atoms with E-state index < -0.39 is 0 Å². The zero-order chi connectivity index (χ0) is 12.4. The highest BCUT2D eigenvalue weighted by atomic mass is 15.2. The van der Waals surface area contributed by atoms with Gasteiger partial charge >= 0.3 is 0 Å². The van der Waals surface area contributed by atoms with Gasteiger partial charge in [-0.25, -0.2) is 4.98 Å². The summed E-state index contributed by atoms with van der Waals surface area (Å²) >= 11 is 0. The van der Waals surface area contributed by atoms with Crippen molar-refractivity contribution >= 4 is 5.82 Å². The van der Waals surface area contributed by atoms with E-state index in [1.54, 1.807) is 0 Å². The van der Waals surface area contributed by atoms with Crippen molar-refractivity contribution in [2.75, 3.05) is 18.0 Å². The van der Waals surface area contributed by atoms with Gasteiger partial charge in [0.1, 0.15) is 11.9 Å². The van der Waals surface area contributed by atoms with E-state index in [-0.39, 0.29) is 0 Å². The first-order valence-electron chi connectivity index (χ1n) is 6.27. The first kappa shape index (κ1) is 11.9. The molecule has 0 amide bonds. The Hall–Kier alpha value is -1.56. The predicted octanol–water partition coefficient (Wildman–Crippen LogP) is 2.92. The van der Waals surface area contributed by atoms with Crippen LogP contribution in [-0.4, -0.2) is 18.1 Å². The molecule has 0 aromatic carbocycles. The average molecular weight is 229 g/mol. The fraction of sp³-hybridized carbons (Fsp3) is 0.571. The Morgan fingerprint density at radius 2 is 2.24 bits per heavy atom. The van der Waals surface area contributed by atoms with Crippen molar-refractivity contribution in [1.82, 2.24) is 4.98 Å². The molecule has 0 N–H and O–H groups in total. The van der Waals surface area contributed by atoms with E-state index in [0.29, 0.717) is 17.4 Å². The predicted molar refractivity (Wildman–Crippen MR) is 69.0 cm³/mol. The molecule has 1 fully saturated rings. The van der Waals surface area contributed by atoms with Gasteiger partial charge in [0.15, 0.2) is 0 Å². The highest BCUT2D eigenvalue weighted by molar-refractivity contribution is 5.55. The Kier molecular flexibility index (Phi) is 3.33. The lowest BCUT2D eigenvalue weighted by Gasteiger charge is -2.19. The van der Waals surface area contributed by atoms with Crippen molar-refractivity contribution in [2.45, 2.75) is 33.1 Å². The second-order valence-corrected chi connectivity index (χ2v) is 5.21. The van der Waals surface area contributed by atoms with Crippen molar-refractivity contribution < 1.29 is 0 Å². The summed E-state index contributed by atoms with van der Waals surface area (Å²) in [6, 6.07) is 6.12. The number of nitriles is 1. The summed E-state index contributed by atoms with van der Waals surface area (Å²) in [4.78, 5) is 6.91. The lowest BCUT2D eigenvalue weighted by atomic mass is 10.1. The topological polar surface area (TPSA) is 39.9 Å². The largest absolute Gasteiger partial charge is 0.355 e. The van der Waals surface area contributed by atoms with Crippen molar-refractivity contribution in [3.63, 3.8) is 0 Å². The lowest BCUT2D eigenvalue weighted by Crippen LogP contribution is -2.22. The highest BCUT2D eigenvalue weighted by Gasteiger charge is 2.22. The first-order chi connectivity index (χ1) is 8.11. The molecule has 0 aliphatic carbocycles. The maximum atomic E-state index is 9.16. The molecule has 3 nitrogen and oxygen atoms in total. The summed E-state index contributed by atoms with van der Waals surface area (Å²) < 4.78 is 0. The van der Waals surface area contributed by atoms with Gasteiger partial charge in [0.05, 0.1) is 5.56 Å². The minimum atomic E-state index is 0.404. The summed E-state index contributed by atoms with van der Waals surface area (Å²) in [6.45, 7) is 8.54. The Balaban J connectivity index is 2.36. The number of hydrogen-bond donors (Lipinski definition) is 0. The molecule has 1 aromatic rings. The number of hydrogen-bond acceptors (Lipinski definition) is 3. The first-order valence-corrected chi connectivity index (χ1v) is 6.27. The molecule has 1 aromatic heterocycles. The second-order valence-electron chi connectivity index (χ2n) is 5.21. The van der Waals surface area contributed by atoms with Crippen LogP contribution in [0.5, 0.6) is 0 Å². The van der Waals surface area contributed by atoms with Crippen molar-refractivity contribution in [1.29, 1.82) is 5.26 Å². The van der Waals surface area contributed by atoms with E-state index >= 15 is 0 Å². The van der Waals surface area contributed by atoms with Gasteiger partial charge in [0.2, 0.25) is 0 Å². The van der Waals surface area contributed by atoms with Crippen LogP contribution in [0.4, 0.5) is 5.82 Å². The monoisotopic (exact) mass is 229 g/mol. The standard InChI is InChI=1S/C14H19N3/c1-10(2)13-5-4-12(8-15)14(16-13)17-7-6-11(3)9-17/h4-5,10-11H,6-7,9H2,1-3H3. The molecular weight excluding hydrogens is 210 g/mol. The second kappa shape index (κ2) is 4.75. The number of aromatic nitrogens is 1. The molecule has 17 heavy (non-hydrogen) atoms. The van der Waals surface area contributed by atoms with Crippen LogP contribution in [0.2, 0.25) is 0 Å². The minimum Gasteiger partial charge on any atom is -0.355 e. The van der Waals surface area contributed by atoms with Crippen molar-refractivity contribution in [2.24, 2.45) is 5.92 Å². The fourth-order valence-corrected chi connectivity index (χ4v) is 2.24. The number of pyridine rings is 1. The maximum Gasteiger partial charge on any atom is 0.146 e. The molecule has 1 saturated heterocycles. The van der Waals surface area contributed by atoms with Gasteiger partial charge in [0, 0.05) is 18.8 Å². The zero-order valence-electron chi connectivity index (χ0n) is 10.8. The van der Waals surface area contributed by atoms with E-state index in [0.717, 1.165) is 24.6 Å². The third-order valence-corrected chi connectivity index (χ3v) is 3.33. The van der Waals surface area contributed by atoms with Gasteiger partial charge in [-0.2, -0.15) is 5.26 Å². The molecule has 1 aliphatic heterocycles. The summed E-state index contributed by atoms with van der Waals surface area (Å²) in [5.41, 5.74) is 1.77. The molecule has 3 heteroatoms. The molecule has 0 saturated carbocycles. The van der Waals surface area contributed by atoms with E-state index in [4.69, 9.17) is 5.26 Å². The van der Waals surface area contributed by atoms with Crippen LogP contribution in [-0.2, 0) is 0 Å². The van der Waals surface area contributed by atoms with Crippen LogP contribution >= 0.6 is 0 Å². The van der Waals surface area contributed by atoms with Gasteiger partial charge in [-0.3, -0.25) is 0 Å². The van der Waals surface area contributed by atoms with Gasteiger partial charge in [-0.15, -0.1) is 0 Å². The molecule has 0 bridgehead atoms. The number of nitrogens with zero attached hydrogens (tertiary/aromatic N) is 3. The van der Waals surface area contributed by atoms with Gasteiger partial charge < -0.3 is 4.90 Å². The van der Waals surface area contributed by atoms with Crippen LogP contribution in [0.1, 0.15) is 44.4 Å². The summed E-state index contributed by atoms with van der Waals surface area (Å²) in [5, 5.41) is 9.16. The average Bonchev–Trinajstić information content (AvgIpc) is 2.74. The Bertz CT molecular complexity index is 445. The Morgan fingerprint density at radius 1 is 1.47 bits per heavy atom. The van der Waals surface area contributed by atoms with Crippen LogP contribution < -0.4 is 4.90 Å². The van der Waals surface area contributed by atoms with E-state index in [2.05, 4.69) is 36.7 Å². The maximum absolute atomic E-state index is 9.16.